The van der Waals surface area contributed by atoms with Crippen LogP contribution in [0.3, 0.4) is 0 Å². The molecule has 1 unspecified atom stereocenters. The van der Waals surface area contributed by atoms with Crippen LogP contribution in [0.5, 0.6) is 0 Å². The van der Waals surface area contributed by atoms with Gasteiger partial charge in [-0.05, 0) is 23.8 Å². The molecule has 6 nitrogen and oxygen atoms in total. The maximum Gasteiger partial charge on any atom is 0.397 e. The van der Waals surface area contributed by atoms with Crippen molar-refractivity contribution in [3.63, 3.8) is 0 Å². The van der Waals surface area contributed by atoms with E-state index in [2.05, 4.69) is 31.2 Å². The molecular weight excluding hydrogens is 436 g/mol. The zero-order valence-electron chi connectivity index (χ0n) is 13.4. The van der Waals surface area contributed by atoms with Crippen LogP contribution in [0.15, 0.2) is 35.1 Å². The first-order valence-electron chi connectivity index (χ1n) is 7.58. The highest BCUT2D eigenvalue weighted by Crippen LogP contribution is 2.41. The molecule has 3 rings (SSSR count). The van der Waals surface area contributed by atoms with Crippen LogP contribution in [0, 0.1) is 5.82 Å². The van der Waals surface area contributed by atoms with Crippen molar-refractivity contribution in [3.05, 3.63) is 52.0 Å². The molecule has 1 N–H and O–H groups in total. The monoisotopic (exact) mass is 446 g/mol. The third kappa shape index (κ3) is 4.24. The Morgan fingerprint density at radius 1 is 1.30 bits per heavy atom. The van der Waals surface area contributed by atoms with Gasteiger partial charge in [-0.25, -0.2) is 14.4 Å². The Morgan fingerprint density at radius 3 is 2.59 bits per heavy atom. The summed E-state index contributed by atoms with van der Waals surface area (Å²) in [5.74, 6) is -4.33. The van der Waals surface area contributed by atoms with Gasteiger partial charge in [0.2, 0.25) is 11.9 Å². The lowest BCUT2D eigenvalue weighted by atomic mass is 9.88. The molecule has 11 heteroatoms. The van der Waals surface area contributed by atoms with E-state index in [-0.39, 0.29) is 17.1 Å². The zero-order valence-corrected chi connectivity index (χ0v) is 15.0. The number of rotatable bonds is 3. The van der Waals surface area contributed by atoms with E-state index in [0.717, 1.165) is 17.3 Å². The summed E-state index contributed by atoms with van der Waals surface area (Å²) in [6.07, 6.45) is -2.95. The molecule has 0 saturated carbocycles. The van der Waals surface area contributed by atoms with E-state index in [1.807, 2.05) is 0 Å². The fourth-order valence-electron chi connectivity index (χ4n) is 2.72. The Kier molecular flexibility index (Phi) is 5.13. The molecule has 1 aromatic carbocycles. The Labute approximate surface area is 158 Å². The summed E-state index contributed by atoms with van der Waals surface area (Å²) >= 11 is 3.11. The Morgan fingerprint density at radius 2 is 1.96 bits per heavy atom. The lowest BCUT2D eigenvalue weighted by molar-refractivity contribution is -0.155. The molecule has 1 aliphatic rings. The smallest absolute Gasteiger partial charge is 0.328 e. The van der Waals surface area contributed by atoms with Gasteiger partial charge in [0.1, 0.15) is 6.54 Å². The maximum absolute atomic E-state index is 13.5. The number of hydrogen-bond donors (Lipinski definition) is 1. The number of hydrogen-bond acceptors (Lipinski definition) is 4. The Hall–Kier alpha value is -2.56. The van der Waals surface area contributed by atoms with Gasteiger partial charge in [0.15, 0.2) is 5.82 Å². The molecular formula is C16H11BrF4N4O2. The molecule has 0 saturated heterocycles. The number of fused-ring (bicyclic) bond motifs is 1. The van der Waals surface area contributed by atoms with Gasteiger partial charge >= 0.3 is 6.18 Å². The first-order chi connectivity index (χ1) is 12.6. The summed E-state index contributed by atoms with van der Waals surface area (Å²) < 4.78 is 53.6. The molecule has 0 fully saturated rings. The standard InChI is InChI=1S/C16H11BrF4N4O2/c17-8-1-2-10-11(3-8)12(16(19,20)21)6-25(14(10)27)7-13(26)24-15-22-4-9(18)5-23-15/h1-5,12H,6-7H2,(H,22,23,24,26). The fourth-order valence-corrected chi connectivity index (χ4v) is 3.10. The minimum Gasteiger partial charge on any atom is -0.328 e. The molecule has 2 aromatic rings. The SMILES string of the molecule is O=C(CN1CC(C(F)(F)F)c2cc(Br)ccc2C1=O)Nc1ncc(F)cn1. The van der Waals surface area contributed by atoms with Crippen molar-refractivity contribution in [2.24, 2.45) is 0 Å². The summed E-state index contributed by atoms with van der Waals surface area (Å²) in [4.78, 5) is 32.4. The van der Waals surface area contributed by atoms with E-state index in [9.17, 15) is 27.2 Å². The summed E-state index contributed by atoms with van der Waals surface area (Å²) in [5.41, 5.74) is -0.252. The molecule has 0 bridgehead atoms. The second-order valence-electron chi connectivity index (χ2n) is 5.78. The summed E-state index contributed by atoms with van der Waals surface area (Å²) in [6.45, 7) is -1.31. The predicted molar refractivity (Wildman–Crippen MR) is 89.5 cm³/mol. The van der Waals surface area contributed by atoms with E-state index in [1.165, 1.54) is 18.2 Å². The van der Waals surface area contributed by atoms with E-state index < -0.39 is 42.8 Å². The molecule has 27 heavy (non-hydrogen) atoms. The lowest BCUT2D eigenvalue weighted by Crippen LogP contribution is -2.47. The maximum atomic E-state index is 13.5. The minimum atomic E-state index is -4.59. The van der Waals surface area contributed by atoms with Crippen LogP contribution >= 0.6 is 15.9 Å². The average Bonchev–Trinajstić information content (AvgIpc) is 2.58. The van der Waals surface area contributed by atoms with Crippen molar-refractivity contribution in [2.45, 2.75) is 12.1 Å². The molecule has 0 radical (unpaired) electrons. The molecule has 2 heterocycles. The number of alkyl halides is 3. The molecule has 142 valence electrons. The van der Waals surface area contributed by atoms with Crippen molar-refractivity contribution in [1.29, 1.82) is 0 Å². The lowest BCUT2D eigenvalue weighted by Gasteiger charge is -2.35. The number of aromatic nitrogens is 2. The van der Waals surface area contributed by atoms with Crippen LogP contribution < -0.4 is 5.32 Å². The number of anilines is 1. The highest BCUT2D eigenvalue weighted by Gasteiger charge is 2.47. The quantitative estimate of drug-likeness (QED) is 0.735. The van der Waals surface area contributed by atoms with Crippen molar-refractivity contribution < 1.29 is 27.2 Å². The van der Waals surface area contributed by atoms with Gasteiger partial charge < -0.3 is 4.90 Å². The fraction of sp³-hybridized carbons (Fsp3) is 0.250. The van der Waals surface area contributed by atoms with Crippen LogP contribution in [0.2, 0.25) is 0 Å². The topological polar surface area (TPSA) is 75.2 Å². The third-order valence-electron chi connectivity index (χ3n) is 3.91. The second-order valence-corrected chi connectivity index (χ2v) is 6.70. The highest BCUT2D eigenvalue weighted by molar-refractivity contribution is 9.10. The third-order valence-corrected chi connectivity index (χ3v) is 4.40. The van der Waals surface area contributed by atoms with Crippen LogP contribution in [0.1, 0.15) is 21.8 Å². The molecule has 0 spiro atoms. The van der Waals surface area contributed by atoms with Crippen LogP contribution in [-0.2, 0) is 4.79 Å². The normalized spacial score (nSPS) is 16.9. The van der Waals surface area contributed by atoms with Crippen molar-refractivity contribution in [1.82, 2.24) is 14.9 Å². The number of amides is 2. The Bertz CT molecular complexity index is 889. The van der Waals surface area contributed by atoms with Crippen LogP contribution in [0.25, 0.3) is 0 Å². The van der Waals surface area contributed by atoms with E-state index >= 15 is 0 Å². The van der Waals surface area contributed by atoms with E-state index in [0.29, 0.717) is 4.47 Å². The van der Waals surface area contributed by atoms with Crippen molar-refractivity contribution in [3.8, 4) is 0 Å². The minimum absolute atomic E-state index is 0.113. The summed E-state index contributed by atoms with van der Waals surface area (Å²) in [5, 5.41) is 2.21. The predicted octanol–water partition coefficient (Wildman–Crippen LogP) is 3.12. The summed E-state index contributed by atoms with van der Waals surface area (Å²) in [6, 6.07) is 4.00. The number of halogens is 5. The highest BCUT2D eigenvalue weighted by atomic mass is 79.9. The molecule has 1 aromatic heterocycles. The van der Waals surface area contributed by atoms with Crippen LogP contribution in [-0.4, -0.2) is 45.9 Å². The largest absolute Gasteiger partial charge is 0.397 e. The van der Waals surface area contributed by atoms with Gasteiger partial charge in [-0.1, -0.05) is 15.9 Å². The van der Waals surface area contributed by atoms with Crippen molar-refractivity contribution in [2.75, 3.05) is 18.4 Å². The van der Waals surface area contributed by atoms with Crippen LogP contribution in [0.4, 0.5) is 23.5 Å². The number of nitrogens with zero attached hydrogens (tertiary/aromatic N) is 3. The first-order valence-corrected chi connectivity index (χ1v) is 8.37. The summed E-state index contributed by atoms with van der Waals surface area (Å²) in [7, 11) is 0. The van der Waals surface area contributed by atoms with Gasteiger partial charge in [0.25, 0.3) is 5.91 Å². The number of benzene rings is 1. The van der Waals surface area contributed by atoms with Gasteiger partial charge in [-0.2, -0.15) is 13.2 Å². The number of carbonyl (C=O) groups excluding carboxylic acids is 2. The molecule has 0 aliphatic carbocycles. The van der Waals surface area contributed by atoms with Crippen molar-refractivity contribution >= 4 is 33.7 Å². The van der Waals surface area contributed by atoms with E-state index in [4.69, 9.17) is 0 Å². The molecule has 2 amide bonds. The number of nitrogens with one attached hydrogen (secondary N) is 1. The number of carbonyl (C=O) groups is 2. The first kappa shape index (κ1) is 19.2. The van der Waals surface area contributed by atoms with Gasteiger partial charge in [0.05, 0.1) is 18.3 Å². The van der Waals surface area contributed by atoms with E-state index in [1.54, 1.807) is 0 Å². The zero-order chi connectivity index (χ0) is 19.8. The van der Waals surface area contributed by atoms with Gasteiger partial charge in [-0.15, -0.1) is 0 Å². The molecule has 1 aliphatic heterocycles. The molecule has 1 atom stereocenters. The second kappa shape index (κ2) is 7.22. The van der Waals surface area contributed by atoms with Gasteiger partial charge in [-0.3, -0.25) is 14.9 Å². The van der Waals surface area contributed by atoms with Gasteiger partial charge in [0, 0.05) is 16.6 Å². The Balaban J connectivity index is 1.81. The average molecular weight is 447 g/mol.